The quantitative estimate of drug-likeness (QED) is 0.758. The number of nitrogens with one attached hydrogen (secondary N) is 1. The molecule has 2 unspecified atom stereocenters. The van der Waals surface area contributed by atoms with Crippen LogP contribution in [0.2, 0.25) is 0 Å². The monoisotopic (exact) mass is 216 g/mol. The minimum Gasteiger partial charge on any atom is -0.371 e. The van der Waals surface area contributed by atoms with Gasteiger partial charge >= 0.3 is 0 Å². The van der Waals surface area contributed by atoms with E-state index in [4.69, 9.17) is 0 Å². The number of nitrogens with zero attached hydrogens (tertiary/aromatic N) is 1. The molecule has 0 aromatic heterocycles. The van der Waals surface area contributed by atoms with Crippen molar-refractivity contribution in [2.24, 2.45) is 11.8 Å². The Labute approximate surface area is 97.7 Å². The summed E-state index contributed by atoms with van der Waals surface area (Å²) in [6, 6.07) is 0. The maximum atomic E-state index is 4.28. The molecule has 86 valence electrons. The molecule has 2 nitrogen and oxygen atoms in total. The van der Waals surface area contributed by atoms with Crippen molar-refractivity contribution in [3.05, 3.63) is 35.6 Å². The predicted molar refractivity (Wildman–Crippen MR) is 67.0 cm³/mol. The average Bonchev–Trinajstić information content (AvgIpc) is 2.89. The van der Waals surface area contributed by atoms with Crippen molar-refractivity contribution >= 4 is 0 Å². The predicted octanol–water partition coefficient (Wildman–Crippen LogP) is 1.93. The Morgan fingerprint density at radius 1 is 1.31 bits per heavy atom. The zero-order valence-corrected chi connectivity index (χ0v) is 10.00. The summed E-state index contributed by atoms with van der Waals surface area (Å²) in [7, 11) is 0. The van der Waals surface area contributed by atoms with E-state index in [1.165, 1.54) is 43.0 Å². The van der Waals surface area contributed by atoms with Gasteiger partial charge in [0.1, 0.15) is 0 Å². The number of rotatable bonds is 2. The van der Waals surface area contributed by atoms with Crippen LogP contribution in [-0.2, 0) is 0 Å². The second-order valence-corrected chi connectivity index (χ2v) is 5.41. The molecule has 0 amide bonds. The summed E-state index contributed by atoms with van der Waals surface area (Å²) >= 11 is 0. The zero-order chi connectivity index (χ0) is 11.1. The average molecular weight is 216 g/mol. The van der Waals surface area contributed by atoms with Crippen molar-refractivity contribution in [3.63, 3.8) is 0 Å². The molecule has 2 atom stereocenters. The molecule has 0 spiro atoms. The van der Waals surface area contributed by atoms with Gasteiger partial charge in [0.25, 0.3) is 0 Å². The number of hydrogen-bond acceptors (Lipinski definition) is 2. The molecule has 2 heterocycles. The summed E-state index contributed by atoms with van der Waals surface area (Å²) in [5.41, 5.74) is 4.14. The van der Waals surface area contributed by atoms with Crippen molar-refractivity contribution in [2.75, 3.05) is 26.2 Å². The summed E-state index contributed by atoms with van der Waals surface area (Å²) in [5.74, 6) is 1.71. The SMILES string of the molecule is C=C(C1=CC=C(C)C1)N1CC2CNCC2C1. The fraction of sp³-hybridized carbons (Fsp3) is 0.571. The maximum Gasteiger partial charge on any atom is 0.0329 e. The van der Waals surface area contributed by atoms with Crippen molar-refractivity contribution < 1.29 is 0 Å². The highest BCUT2D eigenvalue weighted by atomic mass is 15.2. The number of hydrogen-bond donors (Lipinski definition) is 1. The largest absolute Gasteiger partial charge is 0.371 e. The van der Waals surface area contributed by atoms with Gasteiger partial charge in [-0.05, 0) is 30.8 Å². The van der Waals surface area contributed by atoms with E-state index in [0.29, 0.717) is 0 Å². The van der Waals surface area contributed by atoms with E-state index in [1.54, 1.807) is 0 Å². The van der Waals surface area contributed by atoms with Crippen molar-refractivity contribution in [1.29, 1.82) is 0 Å². The lowest BCUT2D eigenvalue weighted by Crippen LogP contribution is -2.25. The molecule has 2 aliphatic heterocycles. The molecular formula is C14H20N2. The highest BCUT2D eigenvalue weighted by Crippen LogP contribution is 2.33. The van der Waals surface area contributed by atoms with E-state index in [-0.39, 0.29) is 0 Å². The smallest absolute Gasteiger partial charge is 0.0329 e. The molecule has 16 heavy (non-hydrogen) atoms. The van der Waals surface area contributed by atoms with E-state index >= 15 is 0 Å². The van der Waals surface area contributed by atoms with Gasteiger partial charge in [-0.1, -0.05) is 24.3 Å². The van der Waals surface area contributed by atoms with E-state index in [0.717, 1.165) is 18.3 Å². The van der Waals surface area contributed by atoms with Crippen molar-refractivity contribution in [1.82, 2.24) is 10.2 Å². The molecule has 1 N–H and O–H groups in total. The van der Waals surface area contributed by atoms with Crippen LogP contribution < -0.4 is 5.32 Å². The van der Waals surface area contributed by atoms with Crippen LogP contribution in [-0.4, -0.2) is 31.1 Å². The Balaban J connectivity index is 1.65. The van der Waals surface area contributed by atoms with Crippen LogP contribution >= 0.6 is 0 Å². The van der Waals surface area contributed by atoms with Gasteiger partial charge in [0.05, 0.1) is 0 Å². The molecule has 3 rings (SSSR count). The first-order valence-corrected chi connectivity index (χ1v) is 6.25. The van der Waals surface area contributed by atoms with E-state index in [2.05, 4.69) is 35.9 Å². The number of allylic oxidation sites excluding steroid dienone is 4. The normalized spacial score (nSPS) is 32.7. The van der Waals surface area contributed by atoms with Gasteiger partial charge in [0, 0.05) is 31.9 Å². The van der Waals surface area contributed by atoms with Gasteiger partial charge in [0.2, 0.25) is 0 Å². The highest BCUT2D eigenvalue weighted by Gasteiger charge is 2.36. The summed E-state index contributed by atoms with van der Waals surface area (Å²) < 4.78 is 0. The molecule has 0 saturated carbocycles. The lowest BCUT2D eigenvalue weighted by Gasteiger charge is -2.23. The van der Waals surface area contributed by atoms with Gasteiger partial charge in [-0.2, -0.15) is 0 Å². The zero-order valence-electron chi connectivity index (χ0n) is 10.00. The Bertz CT molecular complexity index is 366. The second-order valence-electron chi connectivity index (χ2n) is 5.41. The topological polar surface area (TPSA) is 15.3 Å². The van der Waals surface area contributed by atoms with Crippen molar-refractivity contribution in [2.45, 2.75) is 13.3 Å². The van der Waals surface area contributed by atoms with Crippen LogP contribution in [0.1, 0.15) is 13.3 Å². The lowest BCUT2D eigenvalue weighted by molar-refractivity contribution is 0.397. The van der Waals surface area contributed by atoms with Gasteiger partial charge in [0.15, 0.2) is 0 Å². The van der Waals surface area contributed by atoms with E-state index in [9.17, 15) is 0 Å². The fourth-order valence-electron chi connectivity index (χ4n) is 3.14. The van der Waals surface area contributed by atoms with Crippen LogP contribution in [0.4, 0.5) is 0 Å². The number of fused-ring (bicyclic) bond motifs is 1. The first-order chi connectivity index (χ1) is 7.74. The van der Waals surface area contributed by atoms with Crippen LogP contribution in [0.15, 0.2) is 35.6 Å². The fourth-order valence-corrected chi connectivity index (χ4v) is 3.14. The highest BCUT2D eigenvalue weighted by molar-refractivity contribution is 5.40. The third-order valence-corrected chi connectivity index (χ3v) is 4.18. The van der Waals surface area contributed by atoms with E-state index in [1.807, 2.05) is 0 Å². The van der Waals surface area contributed by atoms with Gasteiger partial charge in [-0.15, -0.1) is 0 Å². The lowest BCUT2D eigenvalue weighted by atomic mass is 10.0. The molecule has 2 heteroatoms. The molecule has 2 fully saturated rings. The Hall–Kier alpha value is -1.02. The Morgan fingerprint density at radius 2 is 2.00 bits per heavy atom. The standard InChI is InChI=1S/C14H20N2/c1-10-3-4-12(5-10)11(2)16-8-13-6-15-7-14(13)9-16/h3-4,13-15H,2,5-9H2,1H3. The van der Waals surface area contributed by atoms with Gasteiger partial charge in [-0.3, -0.25) is 0 Å². The van der Waals surface area contributed by atoms with Crippen LogP contribution in [0.25, 0.3) is 0 Å². The van der Waals surface area contributed by atoms with Gasteiger partial charge in [-0.25, -0.2) is 0 Å². The van der Waals surface area contributed by atoms with Crippen LogP contribution in [0.5, 0.6) is 0 Å². The summed E-state index contributed by atoms with van der Waals surface area (Å²) in [6.07, 6.45) is 5.56. The minimum absolute atomic E-state index is 0.854. The molecular weight excluding hydrogens is 196 g/mol. The molecule has 0 bridgehead atoms. The third kappa shape index (κ3) is 1.61. The molecule has 1 aliphatic carbocycles. The first-order valence-electron chi connectivity index (χ1n) is 6.25. The second kappa shape index (κ2) is 3.77. The summed E-state index contributed by atoms with van der Waals surface area (Å²) in [5, 5.41) is 3.48. The van der Waals surface area contributed by atoms with Crippen LogP contribution in [0, 0.1) is 11.8 Å². The van der Waals surface area contributed by atoms with E-state index < -0.39 is 0 Å². The van der Waals surface area contributed by atoms with Crippen LogP contribution in [0.3, 0.4) is 0 Å². The molecule has 0 aromatic rings. The molecule has 3 aliphatic rings. The van der Waals surface area contributed by atoms with Gasteiger partial charge < -0.3 is 10.2 Å². The molecule has 0 aromatic carbocycles. The summed E-state index contributed by atoms with van der Waals surface area (Å²) in [6.45, 7) is 11.3. The minimum atomic E-state index is 0.854. The summed E-state index contributed by atoms with van der Waals surface area (Å²) in [4.78, 5) is 2.49. The Morgan fingerprint density at radius 3 is 2.56 bits per heavy atom. The Kier molecular flexibility index (Phi) is 2.40. The first kappa shape index (κ1) is 10.2. The molecule has 2 saturated heterocycles. The maximum absolute atomic E-state index is 4.28. The van der Waals surface area contributed by atoms with Crippen molar-refractivity contribution in [3.8, 4) is 0 Å². The number of likely N-dealkylation sites (tertiary alicyclic amines) is 1. The molecule has 0 radical (unpaired) electrons. The third-order valence-electron chi connectivity index (χ3n) is 4.18.